The molecule has 0 aliphatic heterocycles. The molecule has 0 radical (unpaired) electrons. The largest absolute Gasteiger partial charge is 0.500 e. The molecule has 9 heteroatoms. The van der Waals surface area contributed by atoms with Crippen molar-refractivity contribution in [3.8, 4) is 17.0 Å². The van der Waals surface area contributed by atoms with Crippen LogP contribution in [0.3, 0.4) is 0 Å². The van der Waals surface area contributed by atoms with Crippen LogP contribution in [0.5, 0.6) is 5.75 Å². The van der Waals surface area contributed by atoms with Gasteiger partial charge in [0.25, 0.3) is 0 Å². The van der Waals surface area contributed by atoms with E-state index in [1.54, 1.807) is 0 Å². The molecule has 3 N–H and O–H groups in total. The van der Waals surface area contributed by atoms with E-state index in [-0.39, 0.29) is 27.3 Å². The topological polar surface area (TPSA) is 138 Å². The molecule has 0 saturated carbocycles. The molecule has 0 aliphatic carbocycles. The normalized spacial score (nSPS) is 11.5. The molecule has 1 aromatic carbocycles. The second kappa shape index (κ2) is 4.77. The van der Waals surface area contributed by atoms with Gasteiger partial charge in [-0.3, -0.25) is 0 Å². The van der Waals surface area contributed by atoms with Crippen molar-refractivity contribution in [1.82, 2.24) is 5.16 Å². The van der Waals surface area contributed by atoms with Gasteiger partial charge < -0.3 is 14.7 Å². The lowest BCUT2D eigenvalue weighted by Gasteiger charge is -2.12. The number of benzene rings is 1. The van der Waals surface area contributed by atoms with Gasteiger partial charge in [-0.25, -0.2) is 23.2 Å². The molecule has 0 fully saturated rings. The molecule has 0 bridgehead atoms. The summed E-state index contributed by atoms with van der Waals surface area (Å²) in [5.41, 5.74) is -1.54. The molecule has 0 saturated heterocycles. The highest BCUT2D eigenvalue weighted by atomic mass is 32.2. The van der Waals surface area contributed by atoms with Gasteiger partial charge >= 0.3 is 11.6 Å². The van der Waals surface area contributed by atoms with Crippen LogP contribution in [-0.2, 0) is 9.84 Å². The minimum atomic E-state index is -3.72. The minimum Gasteiger partial charge on any atom is -0.500 e. The van der Waals surface area contributed by atoms with Crippen LogP contribution in [-0.4, -0.2) is 36.0 Å². The van der Waals surface area contributed by atoms with Gasteiger partial charge in [0, 0.05) is 11.8 Å². The average molecular weight is 313 g/mol. The summed E-state index contributed by atoms with van der Waals surface area (Å²) in [6.45, 7) is 1.37. The molecule has 1 heterocycles. The Morgan fingerprint density at radius 1 is 1.33 bits per heavy atom. The maximum Gasteiger partial charge on any atom is 0.399 e. The number of hydrogen-bond acceptors (Lipinski definition) is 6. The van der Waals surface area contributed by atoms with Gasteiger partial charge in [-0.05, 0) is 24.6 Å². The summed E-state index contributed by atoms with van der Waals surface area (Å²) in [6, 6.07) is 2.25. The number of sulfone groups is 1. The number of rotatable bonds is 3. The van der Waals surface area contributed by atoms with Gasteiger partial charge in [0.15, 0.2) is 9.84 Å². The Balaban J connectivity index is 2.96. The first kappa shape index (κ1) is 14.9. The summed E-state index contributed by atoms with van der Waals surface area (Å²) in [5, 5.41) is 20.9. The van der Waals surface area contributed by atoms with E-state index in [0.29, 0.717) is 0 Å². The standard InChI is InChI=1S/C12H11NO7S/c1-5-6(11(15)16)3-4-7(21(2,18)19)8(5)9-10(14)12(17)20-13-9/h3-4,13-14H,1-2H3,(H,15,16). The minimum absolute atomic E-state index is 0.0813. The number of carbonyl (C=O) groups is 1. The molecule has 0 aliphatic rings. The predicted octanol–water partition coefficient (Wildman–Crippen LogP) is 0.751. The van der Waals surface area contributed by atoms with Gasteiger partial charge in [0.2, 0.25) is 5.75 Å². The Kier molecular flexibility index (Phi) is 3.38. The highest BCUT2D eigenvalue weighted by Gasteiger charge is 2.25. The molecule has 21 heavy (non-hydrogen) atoms. The molecule has 2 aromatic rings. The van der Waals surface area contributed by atoms with Crippen molar-refractivity contribution in [2.75, 3.05) is 6.26 Å². The lowest BCUT2D eigenvalue weighted by Crippen LogP contribution is -2.07. The van der Waals surface area contributed by atoms with Crippen molar-refractivity contribution in [2.24, 2.45) is 0 Å². The third kappa shape index (κ3) is 2.42. The number of hydrogen-bond donors (Lipinski definition) is 3. The molecular weight excluding hydrogens is 302 g/mol. The highest BCUT2D eigenvalue weighted by Crippen LogP contribution is 2.35. The monoisotopic (exact) mass is 313 g/mol. The van der Waals surface area contributed by atoms with Crippen LogP contribution in [0.25, 0.3) is 11.3 Å². The SMILES string of the molecule is Cc1c(C(=O)O)ccc(S(C)(=O)=O)c1-c1[nH]oc(=O)c1O. The second-order valence-electron chi connectivity index (χ2n) is 4.40. The van der Waals surface area contributed by atoms with E-state index in [0.717, 1.165) is 18.4 Å². The molecule has 112 valence electrons. The van der Waals surface area contributed by atoms with E-state index >= 15 is 0 Å². The molecule has 2 rings (SSSR count). The number of carboxylic acid groups (broad SMARTS) is 1. The summed E-state index contributed by atoms with van der Waals surface area (Å²) < 4.78 is 28.1. The zero-order chi connectivity index (χ0) is 15.9. The van der Waals surface area contributed by atoms with Gasteiger partial charge in [0.1, 0.15) is 5.69 Å². The van der Waals surface area contributed by atoms with E-state index in [1.165, 1.54) is 6.92 Å². The van der Waals surface area contributed by atoms with E-state index in [1.807, 2.05) is 0 Å². The number of H-pyrrole nitrogens is 1. The average Bonchev–Trinajstić information content (AvgIpc) is 2.68. The van der Waals surface area contributed by atoms with Crippen molar-refractivity contribution >= 4 is 15.8 Å². The smallest absolute Gasteiger partial charge is 0.399 e. The number of aromatic nitrogens is 1. The fraction of sp³-hybridized carbons (Fsp3) is 0.167. The summed E-state index contributed by atoms with van der Waals surface area (Å²) >= 11 is 0. The fourth-order valence-electron chi connectivity index (χ4n) is 2.00. The molecule has 0 spiro atoms. The Labute approximate surface area is 118 Å². The van der Waals surface area contributed by atoms with E-state index < -0.39 is 27.2 Å². The fourth-order valence-corrected chi connectivity index (χ4v) is 2.94. The van der Waals surface area contributed by atoms with Crippen LogP contribution in [0.2, 0.25) is 0 Å². The van der Waals surface area contributed by atoms with Crippen molar-refractivity contribution in [3.63, 3.8) is 0 Å². The number of aromatic hydroxyl groups is 1. The van der Waals surface area contributed by atoms with Crippen LogP contribution < -0.4 is 5.63 Å². The summed E-state index contributed by atoms with van der Waals surface area (Å²) in [5.74, 6) is -2.08. The highest BCUT2D eigenvalue weighted by molar-refractivity contribution is 7.90. The molecule has 0 atom stereocenters. The van der Waals surface area contributed by atoms with Crippen LogP contribution in [0.4, 0.5) is 0 Å². The maximum absolute atomic E-state index is 11.8. The molecule has 1 aromatic heterocycles. The third-order valence-electron chi connectivity index (χ3n) is 2.98. The number of nitrogens with one attached hydrogen (secondary N) is 1. The first-order valence-electron chi connectivity index (χ1n) is 5.62. The van der Waals surface area contributed by atoms with E-state index in [4.69, 9.17) is 5.11 Å². The number of aromatic amines is 1. The third-order valence-corrected chi connectivity index (χ3v) is 4.12. The quantitative estimate of drug-likeness (QED) is 0.760. The summed E-state index contributed by atoms with van der Waals surface area (Å²) in [4.78, 5) is 22.1. The van der Waals surface area contributed by atoms with E-state index in [9.17, 15) is 23.1 Å². The molecule has 0 unspecified atom stereocenters. The van der Waals surface area contributed by atoms with Crippen molar-refractivity contribution in [1.29, 1.82) is 0 Å². The van der Waals surface area contributed by atoms with Crippen LogP contribution >= 0.6 is 0 Å². The van der Waals surface area contributed by atoms with Gasteiger partial charge in [0.05, 0.1) is 10.5 Å². The first-order chi connectivity index (χ1) is 9.64. The Morgan fingerprint density at radius 2 is 1.95 bits per heavy atom. The Morgan fingerprint density at radius 3 is 2.38 bits per heavy atom. The molecule has 0 amide bonds. The second-order valence-corrected chi connectivity index (χ2v) is 6.39. The van der Waals surface area contributed by atoms with Gasteiger partial charge in [-0.15, -0.1) is 0 Å². The first-order valence-corrected chi connectivity index (χ1v) is 7.51. The number of aromatic carboxylic acids is 1. The lowest BCUT2D eigenvalue weighted by atomic mass is 9.99. The zero-order valence-corrected chi connectivity index (χ0v) is 11.8. The van der Waals surface area contributed by atoms with E-state index in [2.05, 4.69) is 9.68 Å². The van der Waals surface area contributed by atoms with Gasteiger partial charge in [-0.1, -0.05) is 0 Å². The van der Waals surface area contributed by atoms with Crippen molar-refractivity contribution in [3.05, 3.63) is 33.7 Å². The van der Waals surface area contributed by atoms with Crippen LogP contribution in [0.1, 0.15) is 15.9 Å². The maximum atomic E-state index is 11.8. The van der Waals surface area contributed by atoms with Crippen LogP contribution in [0, 0.1) is 6.92 Å². The zero-order valence-electron chi connectivity index (χ0n) is 11.0. The summed E-state index contributed by atoms with van der Waals surface area (Å²) in [6.07, 6.45) is 0.931. The summed E-state index contributed by atoms with van der Waals surface area (Å²) in [7, 11) is -3.72. The molecule has 8 nitrogen and oxygen atoms in total. The van der Waals surface area contributed by atoms with Crippen molar-refractivity contribution < 1.29 is 27.9 Å². The molecular formula is C12H11NO7S. The van der Waals surface area contributed by atoms with Crippen LogP contribution in [0.15, 0.2) is 26.3 Å². The predicted molar refractivity (Wildman–Crippen MR) is 71.2 cm³/mol. The Hall–Kier alpha value is -2.55. The Bertz CT molecular complexity index is 889. The van der Waals surface area contributed by atoms with Gasteiger partial charge in [-0.2, -0.15) is 0 Å². The lowest BCUT2D eigenvalue weighted by molar-refractivity contribution is 0.0696. The number of carboxylic acids is 1. The van der Waals surface area contributed by atoms with Crippen molar-refractivity contribution in [2.45, 2.75) is 11.8 Å².